The summed E-state index contributed by atoms with van der Waals surface area (Å²) in [5.74, 6) is 1.55. The van der Waals surface area contributed by atoms with E-state index in [0.717, 1.165) is 51.7 Å². The van der Waals surface area contributed by atoms with Gasteiger partial charge in [0.1, 0.15) is 0 Å². The molecule has 106 valence electrons. The molecule has 4 heteroatoms. The number of hydrogen-bond donors (Lipinski definition) is 1. The van der Waals surface area contributed by atoms with Gasteiger partial charge in [-0.15, -0.1) is 0 Å². The van der Waals surface area contributed by atoms with E-state index in [2.05, 4.69) is 23.4 Å². The van der Waals surface area contributed by atoms with Crippen molar-refractivity contribution < 1.29 is 4.79 Å². The second kappa shape index (κ2) is 9.68. The highest BCUT2D eigenvalue weighted by Crippen LogP contribution is 2.15. The van der Waals surface area contributed by atoms with Crippen LogP contribution in [0.4, 0.5) is 0 Å². The Bertz CT molecular complexity index is 230. The Hall–Kier alpha value is -0.220. The fourth-order valence-electron chi connectivity index (χ4n) is 2.54. The predicted octanol–water partition coefficient (Wildman–Crippen LogP) is 2.51. The van der Waals surface area contributed by atoms with Crippen LogP contribution in [0.2, 0.25) is 0 Å². The van der Waals surface area contributed by atoms with Gasteiger partial charge in [0.2, 0.25) is 5.91 Å². The minimum atomic E-state index is 0.379. The van der Waals surface area contributed by atoms with Crippen LogP contribution in [-0.2, 0) is 4.79 Å². The molecule has 1 amide bonds. The summed E-state index contributed by atoms with van der Waals surface area (Å²) in [7, 11) is 0. The summed E-state index contributed by atoms with van der Waals surface area (Å²) in [6, 6.07) is 0.485. The minimum Gasteiger partial charge on any atom is -0.340 e. The summed E-state index contributed by atoms with van der Waals surface area (Å²) in [5, 5.41) is 3.37. The maximum atomic E-state index is 12.3. The lowest BCUT2D eigenvalue weighted by Gasteiger charge is -2.34. The van der Waals surface area contributed by atoms with Crippen molar-refractivity contribution in [2.24, 2.45) is 0 Å². The van der Waals surface area contributed by atoms with Crippen molar-refractivity contribution in [2.45, 2.75) is 51.5 Å². The third-order valence-electron chi connectivity index (χ3n) is 3.52. The van der Waals surface area contributed by atoms with Gasteiger partial charge in [-0.3, -0.25) is 4.79 Å². The van der Waals surface area contributed by atoms with E-state index < -0.39 is 0 Å². The quantitative estimate of drug-likeness (QED) is 0.689. The van der Waals surface area contributed by atoms with E-state index in [0.29, 0.717) is 11.9 Å². The second-order valence-corrected chi connectivity index (χ2v) is 6.00. The van der Waals surface area contributed by atoms with Crippen molar-refractivity contribution in [1.82, 2.24) is 10.2 Å². The second-order valence-electron chi connectivity index (χ2n) is 5.02. The molecule has 1 aliphatic rings. The summed E-state index contributed by atoms with van der Waals surface area (Å²) in [4.78, 5) is 14.4. The summed E-state index contributed by atoms with van der Waals surface area (Å²) < 4.78 is 0. The molecule has 1 aliphatic heterocycles. The Morgan fingerprint density at radius 3 is 2.67 bits per heavy atom. The SMILES string of the molecule is CCCN(C(=O)CCCCSC)C1CCNCC1. The van der Waals surface area contributed by atoms with Crippen LogP contribution in [0.3, 0.4) is 0 Å². The first-order valence-electron chi connectivity index (χ1n) is 7.28. The van der Waals surface area contributed by atoms with Crippen LogP contribution in [0.1, 0.15) is 45.4 Å². The third-order valence-corrected chi connectivity index (χ3v) is 4.22. The van der Waals surface area contributed by atoms with Crippen LogP contribution in [0, 0.1) is 0 Å². The highest BCUT2D eigenvalue weighted by Gasteiger charge is 2.23. The number of carbonyl (C=O) groups excluding carboxylic acids is 1. The van der Waals surface area contributed by atoms with Gasteiger partial charge in [-0.2, -0.15) is 11.8 Å². The van der Waals surface area contributed by atoms with E-state index in [9.17, 15) is 4.79 Å². The molecule has 0 unspecified atom stereocenters. The van der Waals surface area contributed by atoms with Crippen molar-refractivity contribution in [3.05, 3.63) is 0 Å². The molecule has 1 saturated heterocycles. The molecule has 1 rings (SSSR count). The molecular formula is C14H28N2OS. The van der Waals surface area contributed by atoms with Crippen molar-refractivity contribution in [1.29, 1.82) is 0 Å². The molecule has 0 bridgehead atoms. The van der Waals surface area contributed by atoms with Crippen molar-refractivity contribution >= 4 is 17.7 Å². The molecule has 1 N–H and O–H groups in total. The maximum absolute atomic E-state index is 12.3. The summed E-state index contributed by atoms with van der Waals surface area (Å²) >= 11 is 1.87. The number of piperidine rings is 1. The first-order valence-corrected chi connectivity index (χ1v) is 8.68. The molecule has 1 fully saturated rings. The molecule has 18 heavy (non-hydrogen) atoms. The predicted molar refractivity (Wildman–Crippen MR) is 80.1 cm³/mol. The Morgan fingerprint density at radius 1 is 1.33 bits per heavy atom. The first kappa shape index (κ1) is 15.8. The molecular weight excluding hydrogens is 244 g/mol. The number of nitrogens with one attached hydrogen (secondary N) is 1. The minimum absolute atomic E-state index is 0.379. The first-order chi connectivity index (χ1) is 8.79. The van der Waals surface area contributed by atoms with Crippen LogP contribution in [0.5, 0.6) is 0 Å². The van der Waals surface area contributed by atoms with Crippen molar-refractivity contribution in [3.63, 3.8) is 0 Å². The maximum Gasteiger partial charge on any atom is 0.222 e. The molecule has 0 saturated carbocycles. The number of carbonyl (C=O) groups is 1. The highest BCUT2D eigenvalue weighted by atomic mass is 32.2. The summed E-state index contributed by atoms with van der Waals surface area (Å²) in [6.07, 6.45) is 8.39. The Morgan fingerprint density at radius 2 is 2.06 bits per heavy atom. The zero-order valence-electron chi connectivity index (χ0n) is 11.9. The van der Waals surface area contributed by atoms with Gasteiger partial charge in [-0.25, -0.2) is 0 Å². The van der Waals surface area contributed by atoms with E-state index in [-0.39, 0.29) is 0 Å². The van der Waals surface area contributed by atoms with Crippen molar-refractivity contribution in [3.8, 4) is 0 Å². The van der Waals surface area contributed by atoms with E-state index in [1.807, 2.05) is 11.8 Å². The van der Waals surface area contributed by atoms with Crippen LogP contribution < -0.4 is 5.32 Å². The van der Waals surface area contributed by atoms with E-state index in [1.54, 1.807) is 0 Å². The molecule has 0 aromatic carbocycles. The topological polar surface area (TPSA) is 32.3 Å². The normalized spacial score (nSPS) is 16.8. The van der Waals surface area contributed by atoms with E-state index in [1.165, 1.54) is 12.2 Å². The molecule has 0 radical (unpaired) electrons. The number of hydrogen-bond acceptors (Lipinski definition) is 3. The summed E-state index contributed by atoms with van der Waals surface area (Å²) in [5.41, 5.74) is 0. The van der Waals surface area contributed by atoms with Crippen LogP contribution >= 0.6 is 11.8 Å². The van der Waals surface area contributed by atoms with Gasteiger partial charge in [0, 0.05) is 19.0 Å². The van der Waals surface area contributed by atoms with Gasteiger partial charge < -0.3 is 10.2 Å². The molecule has 0 aliphatic carbocycles. The van der Waals surface area contributed by atoms with Gasteiger partial charge in [0.15, 0.2) is 0 Å². The molecule has 0 atom stereocenters. The fourth-order valence-corrected chi connectivity index (χ4v) is 3.03. The molecule has 0 aromatic heterocycles. The molecule has 1 heterocycles. The lowest BCUT2D eigenvalue weighted by molar-refractivity contribution is -0.134. The van der Waals surface area contributed by atoms with Crippen LogP contribution in [-0.4, -0.2) is 48.5 Å². The largest absolute Gasteiger partial charge is 0.340 e. The number of amides is 1. The average Bonchev–Trinajstić information content (AvgIpc) is 2.41. The lowest BCUT2D eigenvalue weighted by Crippen LogP contribution is -2.46. The van der Waals surface area contributed by atoms with Gasteiger partial charge in [0.25, 0.3) is 0 Å². The number of rotatable bonds is 8. The molecule has 3 nitrogen and oxygen atoms in total. The third kappa shape index (κ3) is 5.61. The van der Waals surface area contributed by atoms with E-state index in [4.69, 9.17) is 0 Å². The molecule has 0 spiro atoms. The lowest BCUT2D eigenvalue weighted by atomic mass is 10.0. The Balaban J connectivity index is 2.36. The highest BCUT2D eigenvalue weighted by molar-refractivity contribution is 7.98. The van der Waals surface area contributed by atoms with Crippen LogP contribution in [0.15, 0.2) is 0 Å². The van der Waals surface area contributed by atoms with Gasteiger partial charge in [-0.05, 0) is 57.2 Å². The number of thioether (sulfide) groups is 1. The average molecular weight is 272 g/mol. The van der Waals surface area contributed by atoms with Gasteiger partial charge in [0.05, 0.1) is 0 Å². The number of unbranched alkanes of at least 4 members (excludes halogenated alkanes) is 1. The standard InChI is InChI=1S/C14H28N2OS/c1-3-11-16(13-7-9-15-10-8-13)14(17)6-4-5-12-18-2/h13,15H,3-12H2,1-2H3. The molecule has 0 aromatic rings. The summed E-state index contributed by atoms with van der Waals surface area (Å²) in [6.45, 7) is 5.22. The smallest absolute Gasteiger partial charge is 0.222 e. The number of nitrogens with zero attached hydrogens (tertiary/aromatic N) is 1. The monoisotopic (exact) mass is 272 g/mol. The van der Waals surface area contributed by atoms with Gasteiger partial charge in [-0.1, -0.05) is 6.92 Å². The zero-order valence-corrected chi connectivity index (χ0v) is 12.7. The van der Waals surface area contributed by atoms with Crippen LogP contribution in [0.25, 0.3) is 0 Å². The van der Waals surface area contributed by atoms with Crippen molar-refractivity contribution in [2.75, 3.05) is 31.6 Å². The zero-order chi connectivity index (χ0) is 13.2. The Kier molecular flexibility index (Phi) is 8.51. The van der Waals surface area contributed by atoms with Gasteiger partial charge >= 0.3 is 0 Å². The Labute approximate surface area is 116 Å². The van der Waals surface area contributed by atoms with E-state index >= 15 is 0 Å². The fraction of sp³-hybridized carbons (Fsp3) is 0.929.